The van der Waals surface area contributed by atoms with Crippen LogP contribution in [-0.2, 0) is 14.8 Å². The highest BCUT2D eigenvalue weighted by atomic mass is 79.9. The van der Waals surface area contributed by atoms with E-state index in [1.807, 2.05) is 18.2 Å². The normalized spacial score (nSPS) is 11.1. The first-order valence-electron chi connectivity index (χ1n) is 6.57. The quantitative estimate of drug-likeness (QED) is 0.806. The van der Waals surface area contributed by atoms with Gasteiger partial charge in [0, 0.05) is 23.1 Å². The Kier molecular flexibility index (Phi) is 5.70. The van der Waals surface area contributed by atoms with Gasteiger partial charge in [0.05, 0.1) is 4.90 Å². The number of amides is 1. The van der Waals surface area contributed by atoms with Crippen LogP contribution in [0, 0.1) is 0 Å². The van der Waals surface area contributed by atoms with E-state index < -0.39 is 10.0 Å². The van der Waals surface area contributed by atoms with Gasteiger partial charge < -0.3 is 5.32 Å². The van der Waals surface area contributed by atoms with Crippen molar-refractivity contribution < 1.29 is 13.2 Å². The van der Waals surface area contributed by atoms with Gasteiger partial charge in [-0.25, -0.2) is 13.1 Å². The van der Waals surface area contributed by atoms with Crippen LogP contribution < -0.4 is 10.0 Å². The van der Waals surface area contributed by atoms with Crippen molar-refractivity contribution in [3.05, 3.63) is 59.1 Å². The molecule has 22 heavy (non-hydrogen) atoms. The zero-order valence-corrected chi connectivity index (χ0v) is 14.0. The lowest BCUT2D eigenvalue weighted by atomic mass is 10.3. The molecule has 0 aliphatic rings. The van der Waals surface area contributed by atoms with Crippen molar-refractivity contribution in [3.8, 4) is 0 Å². The van der Waals surface area contributed by atoms with E-state index in [0.29, 0.717) is 10.2 Å². The van der Waals surface area contributed by atoms with E-state index in [1.165, 1.54) is 12.1 Å². The van der Waals surface area contributed by atoms with Crippen LogP contribution in [0.15, 0.2) is 64.0 Å². The predicted molar refractivity (Wildman–Crippen MR) is 89.0 cm³/mol. The maximum Gasteiger partial charge on any atom is 0.240 e. The van der Waals surface area contributed by atoms with Gasteiger partial charge in [0.15, 0.2) is 0 Å². The highest BCUT2D eigenvalue weighted by Gasteiger charge is 2.14. The molecule has 0 saturated heterocycles. The molecule has 0 unspecified atom stereocenters. The largest absolute Gasteiger partial charge is 0.326 e. The van der Waals surface area contributed by atoms with Crippen LogP contribution in [-0.4, -0.2) is 20.9 Å². The molecule has 0 spiro atoms. The first-order chi connectivity index (χ1) is 10.5. The number of hydrogen-bond donors (Lipinski definition) is 2. The van der Waals surface area contributed by atoms with Gasteiger partial charge in [-0.3, -0.25) is 4.79 Å². The number of carbonyl (C=O) groups is 1. The van der Waals surface area contributed by atoms with Crippen molar-refractivity contribution >= 4 is 37.5 Å². The molecule has 0 atom stereocenters. The molecular weight excluding hydrogens is 368 g/mol. The maximum absolute atomic E-state index is 12.1. The molecule has 5 nitrogen and oxygen atoms in total. The number of rotatable bonds is 6. The number of para-hydroxylation sites is 1. The molecular formula is C15H15BrN2O3S. The molecule has 0 aromatic heterocycles. The Morgan fingerprint density at radius 2 is 1.77 bits per heavy atom. The van der Waals surface area contributed by atoms with Crippen LogP contribution in [0.5, 0.6) is 0 Å². The summed E-state index contributed by atoms with van der Waals surface area (Å²) in [4.78, 5) is 11.9. The minimum Gasteiger partial charge on any atom is -0.326 e. The van der Waals surface area contributed by atoms with Crippen LogP contribution in [0.25, 0.3) is 0 Å². The zero-order valence-electron chi connectivity index (χ0n) is 11.6. The van der Waals surface area contributed by atoms with Crippen molar-refractivity contribution in [1.29, 1.82) is 0 Å². The Morgan fingerprint density at radius 3 is 2.45 bits per heavy atom. The Hall–Kier alpha value is -1.70. The molecule has 116 valence electrons. The minimum absolute atomic E-state index is 0.0352. The third-order valence-corrected chi connectivity index (χ3v) is 4.76. The number of halogens is 1. The van der Waals surface area contributed by atoms with E-state index in [0.717, 1.165) is 0 Å². The van der Waals surface area contributed by atoms with Gasteiger partial charge in [-0.15, -0.1) is 0 Å². The lowest BCUT2D eigenvalue weighted by Crippen LogP contribution is -2.27. The van der Waals surface area contributed by atoms with Crippen molar-refractivity contribution in [2.24, 2.45) is 0 Å². The van der Waals surface area contributed by atoms with Crippen LogP contribution in [0.4, 0.5) is 5.69 Å². The van der Waals surface area contributed by atoms with Gasteiger partial charge in [-0.1, -0.05) is 40.2 Å². The topological polar surface area (TPSA) is 75.3 Å². The lowest BCUT2D eigenvalue weighted by Gasteiger charge is -2.08. The summed E-state index contributed by atoms with van der Waals surface area (Å²) in [5, 5.41) is 2.70. The molecule has 2 rings (SSSR count). The van der Waals surface area contributed by atoms with Crippen molar-refractivity contribution in [2.75, 3.05) is 11.9 Å². The van der Waals surface area contributed by atoms with E-state index in [4.69, 9.17) is 0 Å². The summed E-state index contributed by atoms with van der Waals surface area (Å²) in [6.45, 7) is 0.0352. The van der Waals surface area contributed by atoms with Crippen LogP contribution in [0.3, 0.4) is 0 Å². The van der Waals surface area contributed by atoms with E-state index in [2.05, 4.69) is 26.0 Å². The highest BCUT2D eigenvalue weighted by molar-refractivity contribution is 9.10. The molecule has 2 aromatic rings. The SMILES string of the molecule is O=C(CCNS(=O)(=O)c1cccc(Br)c1)Nc1ccccc1. The summed E-state index contributed by atoms with van der Waals surface area (Å²) in [5.41, 5.74) is 0.683. The highest BCUT2D eigenvalue weighted by Crippen LogP contribution is 2.15. The summed E-state index contributed by atoms with van der Waals surface area (Å²) < 4.78 is 27.2. The smallest absolute Gasteiger partial charge is 0.240 e. The second kappa shape index (κ2) is 7.53. The monoisotopic (exact) mass is 382 g/mol. The summed E-state index contributed by atoms with van der Waals surface area (Å²) in [5.74, 6) is -0.247. The fourth-order valence-electron chi connectivity index (χ4n) is 1.76. The summed E-state index contributed by atoms with van der Waals surface area (Å²) in [6.07, 6.45) is 0.0577. The minimum atomic E-state index is -3.61. The van der Waals surface area contributed by atoms with Gasteiger partial charge in [-0.05, 0) is 30.3 Å². The maximum atomic E-state index is 12.1. The van der Waals surface area contributed by atoms with Gasteiger partial charge >= 0.3 is 0 Å². The molecule has 0 fully saturated rings. The summed E-state index contributed by atoms with van der Waals surface area (Å²) in [6, 6.07) is 15.4. The second-order valence-electron chi connectivity index (χ2n) is 4.52. The average molecular weight is 383 g/mol. The van der Waals surface area contributed by atoms with E-state index in [-0.39, 0.29) is 23.8 Å². The third-order valence-electron chi connectivity index (χ3n) is 2.81. The van der Waals surface area contributed by atoms with E-state index in [1.54, 1.807) is 24.3 Å². The fourth-order valence-corrected chi connectivity index (χ4v) is 3.39. The van der Waals surface area contributed by atoms with Gasteiger partial charge in [0.25, 0.3) is 0 Å². The number of benzene rings is 2. The van der Waals surface area contributed by atoms with Crippen molar-refractivity contribution in [3.63, 3.8) is 0 Å². The van der Waals surface area contributed by atoms with Crippen molar-refractivity contribution in [1.82, 2.24) is 4.72 Å². The van der Waals surface area contributed by atoms with E-state index in [9.17, 15) is 13.2 Å². The van der Waals surface area contributed by atoms with Crippen LogP contribution in [0.1, 0.15) is 6.42 Å². The lowest BCUT2D eigenvalue weighted by molar-refractivity contribution is -0.116. The first kappa shape index (κ1) is 16.7. The predicted octanol–water partition coefficient (Wildman–Crippen LogP) is 2.76. The molecule has 0 heterocycles. The van der Waals surface area contributed by atoms with E-state index >= 15 is 0 Å². The number of anilines is 1. The molecule has 2 N–H and O–H groups in total. The standard InChI is InChI=1S/C15H15BrN2O3S/c16-12-5-4-8-14(11-12)22(20,21)17-10-9-15(19)18-13-6-2-1-3-7-13/h1-8,11,17H,9-10H2,(H,18,19). The zero-order chi connectivity index (χ0) is 16.0. The number of hydrogen-bond acceptors (Lipinski definition) is 3. The molecule has 0 bridgehead atoms. The Labute approximate surface area is 137 Å². The fraction of sp³-hybridized carbons (Fsp3) is 0.133. The number of carbonyl (C=O) groups excluding carboxylic acids is 1. The first-order valence-corrected chi connectivity index (χ1v) is 8.85. The molecule has 7 heteroatoms. The van der Waals surface area contributed by atoms with Gasteiger partial charge in [0.2, 0.25) is 15.9 Å². The van der Waals surface area contributed by atoms with Gasteiger partial charge in [-0.2, -0.15) is 0 Å². The number of nitrogens with one attached hydrogen (secondary N) is 2. The Bertz CT molecular complexity index is 748. The summed E-state index contributed by atoms with van der Waals surface area (Å²) in [7, 11) is -3.61. The molecule has 0 aliphatic carbocycles. The average Bonchev–Trinajstić information content (AvgIpc) is 2.48. The van der Waals surface area contributed by atoms with Crippen molar-refractivity contribution in [2.45, 2.75) is 11.3 Å². The molecule has 0 radical (unpaired) electrons. The third kappa shape index (κ3) is 4.94. The van der Waals surface area contributed by atoms with Crippen LogP contribution >= 0.6 is 15.9 Å². The van der Waals surface area contributed by atoms with Crippen LogP contribution in [0.2, 0.25) is 0 Å². The number of sulfonamides is 1. The Balaban J connectivity index is 1.86. The molecule has 1 amide bonds. The van der Waals surface area contributed by atoms with Gasteiger partial charge in [0.1, 0.15) is 0 Å². The summed E-state index contributed by atoms with van der Waals surface area (Å²) >= 11 is 3.23. The molecule has 0 aliphatic heterocycles. The molecule has 0 saturated carbocycles. The second-order valence-corrected chi connectivity index (χ2v) is 7.20. The molecule has 2 aromatic carbocycles. The Morgan fingerprint density at radius 1 is 1.05 bits per heavy atom.